The van der Waals surface area contributed by atoms with Gasteiger partial charge in [0.15, 0.2) is 0 Å². The van der Waals surface area contributed by atoms with Gasteiger partial charge in [-0.3, -0.25) is 0 Å². The van der Waals surface area contributed by atoms with E-state index < -0.39 is 17.4 Å². The van der Waals surface area contributed by atoms with Crippen molar-refractivity contribution in [1.29, 1.82) is 0 Å². The first-order valence-corrected chi connectivity index (χ1v) is 9.14. The molecule has 4 rings (SSSR count). The van der Waals surface area contributed by atoms with E-state index in [1.165, 1.54) is 24.3 Å². The molecule has 1 atom stereocenters. The monoisotopic (exact) mass is 393 g/mol. The second-order valence-electron chi connectivity index (χ2n) is 7.94. The number of ether oxygens (including phenoxy) is 2. The molecule has 0 spiro atoms. The summed E-state index contributed by atoms with van der Waals surface area (Å²) < 4.78 is 47.0. The molecular weight excluding hydrogens is 371 g/mol. The number of aliphatic hydroxyl groups is 1. The van der Waals surface area contributed by atoms with Gasteiger partial charge >= 0.3 is 6.36 Å². The van der Waals surface area contributed by atoms with Crippen LogP contribution in [0, 0.1) is 5.41 Å². The third-order valence-corrected chi connectivity index (χ3v) is 5.72. The minimum Gasteiger partial charge on any atom is -0.493 e. The van der Waals surface area contributed by atoms with Gasteiger partial charge in [-0.05, 0) is 48.0 Å². The lowest BCUT2D eigenvalue weighted by molar-refractivity contribution is -0.274. The third-order valence-electron chi connectivity index (χ3n) is 5.72. The summed E-state index contributed by atoms with van der Waals surface area (Å²) in [5.74, 6) is 0.507. The van der Waals surface area contributed by atoms with Gasteiger partial charge in [0.05, 0.1) is 6.61 Å². The van der Waals surface area contributed by atoms with Crippen LogP contribution in [0.15, 0.2) is 42.5 Å². The number of rotatable bonds is 4. The van der Waals surface area contributed by atoms with Gasteiger partial charge in [0.25, 0.3) is 0 Å². The second kappa shape index (κ2) is 6.39. The minimum atomic E-state index is -4.75. The van der Waals surface area contributed by atoms with Gasteiger partial charge in [-0.15, -0.1) is 13.2 Å². The van der Waals surface area contributed by atoms with Crippen LogP contribution in [0.3, 0.4) is 0 Å². The van der Waals surface area contributed by atoms with Crippen molar-refractivity contribution in [3.05, 3.63) is 59.2 Å². The van der Waals surface area contributed by atoms with Gasteiger partial charge < -0.3 is 19.5 Å². The van der Waals surface area contributed by atoms with Crippen molar-refractivity contribution >= 4 is 0 Å². The van der Waals surface area contributed by atoms with Crippen LogP contribution in [0.4, 0.5) is 13.2 Å². The van der Waals surface area contributed by atoms with E-state index in [1.807, 2.05) is 32.2 Å². The number of alkyl halides is 3. The molecule has 28 heavy (non-hydrogen) atoms. The van der Waals surface area contributed by atoms with Gasteiger partial charge in [-0.1, -0.05) is 25.1 Å². The van der Waals surface area contributed by atoms with Crippen molar-refractivity contribution in [3.8, 4) is 11.5 Å². The smallest absolute Gasteiger partial charge is 0.493 e. The molecule has 2 aromatic carbocycles. The zero-order chi connectivity index (χ0) is 20.2. The number of fused-ring (bicyclic) bond motifs is 1. The molecule has 2 aliphatic rings. The fourth-order valence-electron chi connectivity index (χ4n) is 4.55. The summed E-state index contributed by atoms with van der Waals surface area (Å²) in [6.45, 7) is 3.94. The van der Waals surface area contributed by atoms with Crippen molar-refractivity contribution in [2.75, 3.05) is 26.7 Å². The lowest BCUT2D eigenvalue weighted by Crippen LogP contribution is -2.63. The number of benzene rings is 2. The van der Waals surface area contributed by atoms with Crippen molar-refractivity contribution in [1.82, 2.24) is 4.90 Å². The van der Waals surface area contributed by atoms with Crippen LogP contribution < -0.4 is 9.47 Å². The second-order valence-corrected chi connectivity index (χ2v) is 7.94. The van der Waals surface area contributed by atoms with E-state index in [0.717, 1.165) is 23.3 Å². The summed E-state index contributed by atoms with van der Waals surface area (Å²) >= 11 is 0. The summed E-state index contributed by atoms with van der Waals surface area (Å²) in [5, 5.41) is 12.0. The summed E-state index contributed by atoms with van der Waals surface area (Å²) in [5.41, 5.74) is 0.452. The Kier molecular flexibility index (Phi) is 4.35. The maximum absolute atomic E-state index is 12.5. The molecule has 0 bridgehead atoms. The lowest BCUT2D eigenvalue weighted by Gasteiger charge is -2.56. The predicted molar refractivity (Wildman–Crippen MR) is 97.4 cm³/mol. The Labute approximate surface area is 161 Å². The lowest BCUT2D eigenvalue weighted by atomic mass is 9.62. The Balaban J connectivity index is 1.76. The summed E-state index contributed by atoms with van der Waals surface area (Å²) in [4.78, 5) is 2.10. The van der Waals surface area contributed by atoms with Crippen molar-refractivity contribution in [2.45, 2.75) is 25.3 Å². The fraction of sp³-hybridized carbons (Fsp3) is 0.429. The molecule has 2 aromatic rings. The van der Waals surface area contributed by atoms with Crippen LogP contribution in [0.2, 0.25) is 0 Å². The molecule has 1 saturated heterocycles. The van der Waals surface area contributed by atoms with E-state index in [0.29, 0.717) is 25.3 Å². The highest BCUT2D eigenvalue weighted by Crippen LogP contribution is 2.51. The largest absolute Gasteiger partial charge is 0.573 e. The SMILES string of the molecule is CN1CC(C)(C(O)(c2ccc(OC(F)(F)F)cc2)c2ccc3c(c2)CCO3)C1. The van der Waals surface area contributed by atoms with E-state index in [-0.39, 0.29) is 5.75 Å². The molecule has 0 aliphatic carbocycles. The topological polar surface area (TPSA) is 41.9 Å². The molecule has 2 aliphatic heterocycles. The van der Waals surface area contributed by atoms with Crippen LogP contribution in [0.1, 0.15) is 23.6 Å². The number of hydrogen-bond acceptors (Lipinski definition) is 4. The average Bonchev–Trinajstić information content (AvgIpc) is 3.06. The molecule has 7 heteroatoms. The van der Waals surface area contributed by atoms with E-state index in [2.05, 4.69) is 9.64 Å². The first kappa shape index (κ1) is 19.1. The molecule has 150 valence electrons. The first-order chi connectivity index (χ1) is 13.1. The van der Waals surface area contributed by atoms with Gasteiger partial charge in [0, 0.05) is 24.9 Å². The van der Waals surface area contributed by atoms with E-state index >= 15 is 0 Å². The molecule has 0 saturated carbocycles. The summed E-state index contributed by atoms with van der Waals surface area (Å²) in [7, 11) is 1.97. The first-order valence-electron chi connectivity index (χ1n) is 9.14. The molecule has 4 nitrogen and oxygen atoms in total. The van der Waals surface area contributed by atoms with Gasteiger partial charge in [0.1, 0.15) is 17.1 Å². The summed E-state index contributed by atoms with van der Waals surface area (Å²) in [6, 6.07) is 11.2. The molecule has 0 radical (unpaired) electrons. The number of likely N-dealkylation sites (tertiary alicyclic amines) is 1. The van der Waals surface area contributed by atoms with E-state index in [1.54, 1.807) is 0 Å². The van der Waals surface area contributed by atoms with E-state index in [4.69, 9.17) is 4.74 Å². The van der Waals surface area contributed by atoms with E-state index in [9.17, 15) is 18.3 Å². The molecule has 0 aromatic heterocycles. The third kappa shape index (κ3) is 3.12. The fourth-order valence-corrected chi connectivity index (χ4v) is 4.55. The highest BCUT2D eigenvalue weighted by atomic mass is 19.4. The zero-order valence-corrected chi connectivity index (χ0v) is 15.7. The van der Waals surface area contributed by atoms with Gasteiger partial charge in [0.2, 0.25) is 0 Å². The van der Waals surface area contributed by atoms with Crippen LogP contribution >= 0.6 is 0 Å². The number of nitrogens with zero attached hydrogens (tertiary/aromatic N) is 1. The standard InChI is InChI=1S/C21H22F3NO3/c1-19(12-25(2)13-19)20(26,16-5-8-18-14(11-16)9-10-27-18)15-3-6-17(7-4-15)28-21(22,23)24/h3-8,11,26H,9-10,12-13H2,1-2H3. The Morgan fingerprint density at radius 1 is 1.07 bits per heavy atom. The summed E-state index contributed by atoms with van der Waals surface area (Å²) in [6.07, 6.45) is -3.98. The van der Waals surface area contributed by atoms with Crippen LogP contribution in [-0.4, -0.2) is 43.1 Å². The Morgan fingerprint density at radius 2 is 1.71 bits per heavy atom. The van der Waals surface area contributed by atoms with Crippen LogP contribution in [0.5, 0.6) is 11.5 Å². The average molecular weight is 393 g/mol. The van der Waals surface area contributed by atoms with Crippen LogP contribution in [-0.2, 0) is 12.0 Å². The highest BCUT2D eigenvalue weighted by Gasteiger charge is 2.55. The quantitative estimate of drug-likeness (QED) is 0.860. The Morgan fingerprint density at radius 3 is 2.32 bits per heavy atom. The Bertz CT molecular complexity index is 875. The van der Waals surface area contributed by atoms with Gasteiger partial charge in [-0.25, -0.2) is 0 Å². The minimum absolute atomic E-state index is 0.308. The molecule has 1 fully saturated rings. The molecule has 1 N–H and O–H groups in total. The maximum Gasteiger partial charge on any atom is 0.573 e. The van der Waals surface area contributed by atoms with Crippen LogP contribution in [0.25, 0.3) is 0 Å². The maximum atomic E-state index is 12.5. The van der Waals surface area contributed by atoms with Gasteiger partial charge in [-0.2, -0.15) is 0 Å². The number of hydrogen-bond donors (Lipinski definition) is 1. The van der Waals surface area contributed by atoms with Crippen molar-refractivity contribution in [2.24, 2.45) is 5.41 Å². The molecular formula is C21H22F3NO3. The molecule has 2 heterocycles. The number of halogens is 3. The predicted octanol–water partition coefficient (Wildman–Crippen LogP) is 3.71. The normalized spacial score (nSPS) is 20.6. The molecule has 0 amide bonds. The molecule has 1 unspecified atom stereocenters. The van der Waals surface area contributed by atoms with Crippen molar-refractivity contribution in [3.63, 3.8) is 0 Å². The Hall–Kier alpha value is -2.25. The highest BCUT2D eigenvalue weighted by molar-refractivity contribution is 5.48. The van der Waals surface area contributed by atoms with Crippen molar-refractivity contribution < 1.29 is 27.8 Å². The zero-order valence-electron chi connectivity index (χ0n) is 15.7.